The molecule has 6 aromatic rings. The van der Waals surface area contributed by atoms with Crippen LogP contribution < -0.4 is 16.1 Å². The third-order valence-corrected chi connectivity index (χ3v) is 13.8. The van der Waals surface area contributed by atoms with Crippen LogP contribution in [0.15, 0.2) is 114 Å². The van der Waals surface area contributed by atoms with Crippen LogP contribution in [0.1, 0.15) is 50.9 Å². The smallest absolute Gasteiger partial charge is 0.329 e. The molecule has 43 heavy (non-hydrogen) atoms. The second-order valence-electron chi connectivity index (χ2n) is 12.6. The van der Waals surface area contributed by atoms with Crippen molar-refractivity contribution in [3.8, 4) is 0 Å². The fourth-order valence-corrected chi connectivity index (χ4v) is 11.1. The van der Waals surface area contributed by atoms with Crippen LogP contribution in [0.4, 0.5) is 0 Å². The van der Waals surface area contributed by atoms with Gasteiger partial charge in [-0.05, 0) is 39.7 Å². The second-order valence-corrected chi connectivity index (χ2v) is 16.9. The maximum absolute atomic E-state index is 13.8. The summed E-state index contributed by atoms with van der Waals surface area (Å²) in [6.45, 7) is 7.61. The first kappa shape index (κ1) is 27.5. The van der Waals surface area contributed by atoms with Gasteiger partial charge in [0.25, 0.3) is 8.32 Å². The van der Waals surface area contributed by atoms with E-state index in [2.05, 4.69) is 105 Å². The molecule has 3 aromatic heterocycles. The maximum Gasteiger partial charge on any atom is 0.329 e. The summed E-state index contributed by atoms with van der Waals surface area (Å²) in [6.07, 6.45) is 7.55. The zero-order valence-electron chi connectivity index (χ0n) is 24.9. The molecule has 7 rings (SSSR count). The highest BCUT2D eigenvalue weighted by Crippen LogP contribution is 2.38. The molecule has 0 atom stereocenters. The Morgan fingerprint density at radius 3 is 2.14 bits per heavy atom. The standard InChI is InChI=1S/C36H36N4O2Si/c1-36(2,3)43(28-13-6-4-7-14-28,29-15-8-5-9-16-29)42-25-31-30-17-11-10-12-26(30)22-38-32(31)24-39-34-23-37-21-20-33(34)40(35(39)41)27-18-19-27/h4-17,20-23,27H,18-19,24-25H2,1-3H3. The topological polar surface area (TPSA) is 61.9 Å². The van der Waals surface area contributed by atoms with E-state index in [0.717, 1.165) is 45.9 Å². The van der Waals surface area contributed by atoms with Gasteiger partial charge in [0, 0.05) is 29.4 Å². The summed E-state index contributed by atoms with van der Waals surface area (Å²) in [6, 6.07) is 32.0. The van der Waals surface area contributed by atoms with Crippen molar-refractivity contribution in [3.63, 3.8) is 0 Å². The summed E-state index contributed by atoms with van der Waals surface area (Å²) < 4.78 is 11.2. The minimum atomic E-state index is -2.80. The van der Waals surface area contributed by atoms with Crippen molar-refractivity contribution in [2.24, 2.45) is 0 Å². The molecule has 0 radical (unpaired) electrons. The number of hydrogen-bond acceptors (Lipinski definition) is 4. The summed E-state index contributed by atoms with van der Waals surface area (Å²) in [5, 5.41) is 4.47. The van der Waals surface area contributed by atoms with Crippen LogP contribution in [0.3, 0.4) is 0 Å². The molecular formula is C36H36N4O2Si. The Bertz CT molecular complexity index is 1930. The molecule has 0 saturated heterocycles. The van der Waals surface area contributed by atoms with Crippen molar-refractivity contribution < 1.29 is 4.43 Å². The van der Waals surface area contributed by atoms with Crippen LogP contribution in [0.5, 0.6) is 0 Å². The lowest BCUT2D eigenvalue weighted by atomic mass is 10.0. The number of nitrogens with zero attached hydrogens (tertiary/aromatic N) is 4. The number of aromatic nitrogens is 4. The molecule has 0 N–H and O–H groups in total. The third kappa shape index (κ3) is 4.73. The Kier molecular flexibility index (Phi) is 6.87. The molecule has 0 amide bonds. The van der Waals surface area contributed by atoms with Gasteiger partial charge in [-0.2, -0.15) is 0 Å². The molecule has 216 valence electrons. The summed E-state index contributed by atoms with van der Waals surface area (Å²) in [4.78, 5) is 23.2. The molecule has 3 heterocycles. The Morgan fingerprint density at radius 2 is 1.49 bits per heavy atom. The zero-order chi connectivity index (χ0) is 29.6. The Hall–Kier alpha value is -4.33. The molecule has 0 aliphatic heterocycles. The first-order chi connectivity index (χ1) is 20.9. The van der Waals surface area contributed by atoms with Crippen LogP contribution in [0.25, 0.3) is 21.8 Å². The fourth-order valence-electron chi connectivity index (χ4n) is 6.62. The predicted molar refractivity (Wildman–Crippen MR) is 176 cm³/mol. The lowest BCUT2D eigenvalue weighted by molar-refractivity contribution is 0.285. The van der Waals surface area contributed by atoms with Crippen molar-refractivity contribution in [3.05, 3.63) is 131 Å². The summed E-state index contributed by atoms with van der Waals surface area (Å²) in [5.41, 5.74) is 3.65. The molecule has 0 spiro atoms. The largest absolute Gasteiger partial charge is 0.403 e. The quantitative estimate of drug-likeness (QED) is 0.200. The number of rotatable bonds is 8. The Labute approximate surface area is 252 Å². The first-order valence-electron chi connectivity index (χ1n) is 15.0. The molecular weight excluding hydrogens is 549 g/mol. The van der Waals surface area contributed by atoms with Crippen molar-refractivity contribution >= 4 is 40.5 Å². The van der Waals surface area contributed by atoms with E-state index in [4.69, 9.17) is 9.41 Å². The van der Waals surface area contributed by atoms with E-state index in [1.807, 2.05) is 27.5 Å². The van der Waals surface area contributed by atoms with Crippen molar-refractivity contribution in [1.82, 2.24) is 19.1 Å². The zero-order valence-corrected chi connectivity index (χ0v) is 25.9. The first-order valence-corrected chi connectivity index (χ1v) is 16.9. The average Bonchev–Trinajstić information content (AvgIpc) is 3.82. The van der Waals surface area contributed by atoms with Gasteiger partial charge < -0.3 is 4.43 Å². The predicted octanol–water partition coefficient (Wildman–Crippen LogP) is 6.21. The van der Waals surface area contributed by atoms with Gasteiger partial charge >= 0.3 is 5.69 Å². The summed E-state index contributed by atoms with van der Waals surface area (Å²) in [5.74, 6) is 0. The van der Waals surface area contributed by atoms with E-state index in [1.54, 1.807) is 12.4 Å². The highest BCUT2D eigenvalue weighted by atomic mass is 28.4. The summed E-state index contributed by atoms with van der Waals surface area (Å²) in [7, 11) is -2.80. The maximum atomic E-state index is 13.8. The molecule has 0 unspecified atom stereocenters. The highest BCUT2D eigenvalue weighted by Gasteiger charge is 2.50. The number of hydrogen-bond donors (Lipinski definition) is 0. The normalized spacial score (nSPS) is 14.0. The summed E-state index contributed by atoms with van der Waals surface area (Å²) >= 11 is 0. The van der Waals surface area contributed by atoms with Gasteiger partial charge in [0.05, 0.1) is 36.1 Å². The van der Waals surface area contributed by atoms with Crippen molar-refractivity contribution in [2.75, 3.05) is 0 Å². The molecule has 3 aromatic carbocycles. The van der Waals surface area contributed by atoms with Crippen LogP contribution in [0.2, 0.25) is 5.04 Å². The number of pyridine rings is 2. The monoisotopic (exact) mass is 584 g/mol. The molecule has 1 fully saturated rings. The minimum absolute atomic E-state index is 0.000638. The van der Waals surface area contributed by atoms with E-state index >= 15 is 0 Å². The lowest BCUT2D eigenvalue weighted by Gasteiger charge is -2.43. The highest BCUT2D eigenvalue weighted by molar-refractivity contribution is 6.99. The van der Waals surface area contributed by atoms with Gasteiger partial charge in [0.2, 0.25) is 0 Å². The third-order valence-electron chi connectivity index (χ3n) is 8.83. The number of imidazole rings is 1. The van der Waals surface area contributed by atoms with Gasteiger partial charge in [-0.25, -0.2) is 4.79 Å². The molecule has 1 aliphatic rings. The second kappa shape index (κ2) is 10.7. The van der Waals surface area contributed by atoms with E-state index in [-0.39, 0.29) is 16.8 Å². The van der Waals surface area contributed by atoms with Gasteiger partial charge in [-0.3, -0.25) is 19.1 Å². The van der Waals surface area contributed by atoms with Crippen LogP contribution in [-0.4, -0.2) is 27.4 Å². The van der Waals surface area contributed by atoms with Crippen LogP contribution in [-0.2, 0) is 17.6 Å². The molecule has 7 heteroatoms. The van der Waals surface area contributed by atoms with E-state index < -0.39 is 8.32 Å². The lowest BCUT2D eigenvalue weighted by Crippen LogP contribution is -2.66. The molecule has 1 saturated carbocycles. The number of fused-ring (bicyclic) bond motifs is 2. The minimum Gasteiger partial charge on any atom is -0.403 e. The van der Waals surface area contributed by atoms with Gasteiger partial charge in [0.15, 0.2) is 0 Å². The van der Waals surface area contributed by atoms with Crippen molar-refractivity contribution in [2.45, 2.75) is 57.8 Å². The molecule has 1 aliphatic carbocycles. The SMILES string of the molecule is CC(C)(C)[Si](OCc1c(Cn2c(=O)n(C3CC3)c3ccncc32)ncc2ccccc12)(c1ccccc1)c1ccccc1. The van der Waals surface area contributed by atoms with Crippen LogP contribution >= 0.6 is 0 Å². The van der Waals surface area contributed by atoms with E-state index in [9.17, 15) is 4.79 Å². The van der Waals surface area contributed by atoms with Gasteiger partial charge in [-0.1, -0.05) is 106 Å². The molecule has 6 nitrogen and oxygen atoms in total. The Balaban J connectivity index is 1.38. The van der Waals surface area contributed by atoms with Crippen molar-refractivity contribution in [1.29, 1.82) is 0 Å². The fraction of sp³-hybridized carbons (Fsp3) is 0.250. The molecule has 0 bridgehead atoms. The van der Waals surface area contributed by atoms with Gasteiger partial charge in [0.1, 0.15) is 0 Å². The van der Waals surface area contributed by atoms with Crippen LogP contribution in [0, 0.1) is 0 Å². The number of benzene rings is 3. The average molecular weight is 585 g/mol. The van der Waals surface area contributed by atoms with Gasteiger partial charge in [-0.15, -0.1) is 0 Å². The van der Waals surface area contributed by atoms with E-state index in [0.29, 0.717) is 13.2 Å². The van der Waals surface area contributed by atoms with E-state index in [1.165, 1.54) is 10.4 Å². The Morgan fingerprint density at radius 1 is 0.837 bits per heavy atom.